The van der Waals surface area contributed by atoms with E-state index in [0.29, 0.717) is 17.5 Å². The minimum atomic E-state index is -4.27. The second kappa shape index (κ2) is 9.54. The average molecular weight is 514 g/mol. The third-order valence-corrected chi connectivity index (χ3v) is 8.03. The molecule has 1 aliphatic heterocycles. The number of likely N-dealkylation sites (tertiary alicyclic amines) is 1. The smallest absolute Gasteiger partial charge is 0.416 e. The van der Waals surface area contributed by atoms with Crippen molar-refractivity contribution in [3.8, 4) is 11.6 Å². The van der Waals surface area contributed by atoms with Crippen LogP contribution in [0.25, 0.3) is 11.6 Å². The summed E-state index contributed by atoms with van der Waals surface area (Å²) in [6, 6.07) is 5.76. The molecule has 3 aromatic rings. The summed E-state index contributed by atoms with van der Waals surface area (Å²) in [5.74, 6) is 2.65. The molecule has 6 nitrogen and oxygen atoms in total. The number of rotatable bonds is 7. The van der Waals surface area contributed by atoms with Gasteiger partial charge in [-0.15, -0.1) is 22.6 Å². The van der Waals surface area contributed by atoms with Crippen LogP contribution >= 0.6 is 24.2 Å². The normalized spacial score (nSPS) is 22.3. The van der Waals surface area contributed by atoms with E-state index in [1.54, 1.807) is 23.9 Å². The molecule has 0 N–H and O–H groups in total. The second-order valence-electron chi connectivity index (χ2n) is 9.10. The number of aryl methyl sites for hydroxylation is 1. The average Bonchev–Trinajstić information content (AvgIpc) is 3.05. The molecule has 1 spiro atoms. The van der Waals surface area contributed by atoms with Crippen molar-refractivity contribution in [1.82, 2.24) is 24.6 Å². The van der Waals surface area contributed by atoms with Gasteiger partial charge in [-0.3, -0.25) is 0 Å². The summed E-state index contributed by atoms with van der Waals surface area (Å²) in [7, 11) is 1.93. The molecule has 0 radical (unpaired) electrons. The summed E-state index contributed by atoms with van der Waals surface area (Å²) in [6.45, 7) is 4.98. The van der Waals surface area contributed by atoms with Crippen LogP contribution in [0, 0.1) is 12.3 Å². The minimum absolute atomic E-state index is 0. The van der Waals surface area contributed by atoms with E-state index in [2.05, 4.69) is 20.1 Å². The zero-order valence-electron chi connectivity index (χ0n) is 19.0. The molecule has 2 aliphatic rings. The van der Waals surface area contributed by atoms with E-state index in [-0.39, 0.29) is 17.8 Å². The molecule has 2 atom stereocenters. The predicted molar refractivity (Wildman–Crippen MR) is 126 cm³/mol. The molecule has 1 saturated heterocycles. The Hall–Kier alpha value is -2.04. The molecule has 1 aromatic carbocycles. The Morgan fingerprint density at radius 3 is 2.65 bits per heavy atom. The Morgan fingerprint density at radius 2 is 1.97 bits per heavy atom. The molecule has 34 heavy (non-hydrogen) atoms. The van der Waals surface area contributed by atoms with Crippen LogP contribution in [-0.4, -0.2) is 50.0 Å². The SMILES string of the molecule is Cc1ncoc1-c1nnc(SCCCN2CC[C@@]3(C[C@H]3c3ccc(C(F)(F)F)cc3)C2)n1C.Cl. The van der Waals surface area contributed by atoms with Crippen LogP contribution in [0.5, 0.6) is 0 Å². The summed E-state index contributed by atoms with van der Waals surface area (Å²) in [5.41, 5.74) is 1.51. The number of hydrogen-bond donors (Lipinski definition) is 0. The lowest BCUT2D eigenvalue weighted by atomic mass is 9.97. The maximum Gasteiger partial charge on any atom is 0.416 e. The van der Waals surface area contributed by atoms with Gasteiger partial charge in [0.05, 0.1) is 11.3 Å². The van der Waals surface area contributed by atoms with Crippen LogP contribution in [0.15, 0.2) is 40.2 Å². The van der Waals surface area contributed by atoms with Crippen molar-refractivity contribution in [3.63, 3.8) is 0 Å². The molecule has 5 rings (SSSR count). The van der Waals surface area contributed by atoms with E-state index in [4.69, 9.17) is 4.42 Å². The predicted octanol–water partition coefficient (Wildman–Crippen LogP) is 5.58. The number of hydrogen-bond acceptors (Lipinski definition) is 6. The summed E-state index contributed by atoms with van der Waals surface area (Å²) >= 11 is 1.68. The fourth-order valence-corrected chi connectivity index (χ4v) is 5.79. The van der Waals surface area contributed by atoms with E-state index in [1.165, 1.54) is 18.5 Å². The molecule has 2 fully saturated rings. The van der Waals surface area contributed by atoms with Crippen LogP contribution in [0.1, 0.15) is 42.0 Å². The quantitative estimate of drug-likeness (QED) is 0.303. The third-order valence-electron chi connectivity index (χ3n) is 6.93. The lowest BCUT2D eigenvalue weighted by molar-refractivity contribution is -0.137. The van der Waals surface area contributed by atoms with Crippen molar-refractivity contribution in [1.29, 1.82) is 0 Å². The van der Waals surface area contributed by atoms with Gasteiger partial charge in [-0.1, -0.05) is 23.9 Å². The Morgan fingerprint density at radius 1 is 1.21 bits per heavy atom. The first-order valence-corrected chi connectivity index (χ1v) is 12.1. The number of halogens is 4. The molecule has 11 heteroatoms. The topological polar surface area (TPSA) is 60.0 Å². The van der Waals surface area contributed by atoms with Gasteiger partial charge in [-0.05, 0) is 68.3 Å². The lowest BCUT2D eigenvalue weighted by Crippen LogP contribution is -2.23. The van der Waals surface area contributed by atoms with Gasteiger partial charge >= 0.3 is 6.18 Å². The van der Waals surface area contributed by atoms with Crippen LogP contribution in [-0.2, 0) is 13.2 Å². The van der Waals surface area contributed by atoms with E-state index in [0.717, 1.165) is 61.1 Å². The standard InChI is InChI=1S/C23H26F3N5OS.ClH/c1-15-19(32-14-27-15)20-28-29-21(30(20)2)33-11-3-9-31-10-8-22(13-31)12-18(22)16-4-6-17(7-5-16)23(24,25)26;/h4-7,14,18H,3,8-13H2,1-2H3;1H/t18-,22+;/m0./s1. The molecule has 184 valence electrons. The summed E-state index contributed by atoms with van der Waals surface area (Å²) in [6.07, 6.45) is 0.372. The van der Waals surface area contributed by atoms with Crippen molar-refractivity contribution in [2.75, 3.05) is 25.4 Å². The van der Waals surface area contributed by atoms with Crippen LogP contribution in [0.3, 0.4) is 0 Å². The Bertz CT molecular complexity index is 1130. The van der Waals surface area contributed by atoms with Crippen molar-refractivity contribution < 1.29 is 17.6 Å². The van der Waals surface area contributed by atoms with Crippen molar-refractivity contribution >= 4 is 24.2 Å². The molecule has 0 unspecified atom stereocenters. The largest absolute Gasteiger partial charge is 0.440 e. The Balaban J connectivity index is 0.00000274. The van der Waals surface area contributed by atoms with E-state index in [1.807, 2.05) is 18.5 Å². The van der Waals surface area contributed by atoms with Gasteiger partial charge in [0.25, 0.3) is 0 Å². The van der Waals surface area contributed by atoms with Gasteiger partial charge in [-0.25, -0.2) is 4.98 Å². The van der Waals surface area contributed by atoms with Crippen molar-refractivity contribution in [2.24, 2.45) is 12.5 Å². The minimum Gasteiger partial charge on any atom is -0.440 e. The highest BCUT2D eigenvalue weighted by molar-refractivity contribution is 7.99. The first-order valence-electron chi connectivity index (χ1n) is 11.1. The van der Waals surface area contributed by atoms with Crippen LogP contribution < -0.4 is 0 Å². The highest BCUT2D eigenvalue weighted by Gasteiger charge is 2.57. The summed E-state index contributed by atoms with van der Waals surface area (Å²) in [5, 5.41) is 9.38. The van der Waals surface area contributed by atoms with E-state index >= 15 is 0 Å². The summed E-state index contributed by atoms with van der Waals surface area (Å²) in [4.78, 5) is 6.60. The van der Waals surface area contributed by atoms with Crippen LogP contribution in [0.4, 0.5) is 13.2 Å². The zero-order valence-corrected chi connectivity index (χ0v) is 20.6. The van der Waals surface area contributed by atoms with Gasteiger partial charge in [0.15, 0.2) is 17.3 Å². The number of benzene rings is 1. The summed E-state index contributed by atoms with van der Waals surface area (Å²) < 4.78 is 45.8. The fourth-order valence-electron chi connectivity index (χ4n) is 4.96. The lowest BCUT2D eigenvalue weighted by Gasteiger charge is -2.16. The Labute approximate surface area is 206 Å². The maximum absolute atomic E-state index is 12.8. The third kappa shape index (κ3) is 4.85. The molecular weight excluding hydrogens is 487 g/mol. The first-order chi connectivity index (χ1) is 15.8. The van der Waals surface area contributed by atoms with Gasteiger partial charge in [-0.2, -0.15) is 13.2 Å². The van der Waals surface area contributed by atoms with Crippen molar-refractivity contribution in [3.05, 3.63) is 47.5 Å². The van der Waals surface area contributed by atoms with Crippen LogP contribution in [0.2, 0.25) is 0 Å². The monoisotopic (exact) mass is 513 g/mol. The zero-order chi connectivity index (χ0) is 23.2. The van der Waals surface area contributed by atoms with E-state index < -0.39 is 11.7 Å². The number of aromatic nitrogens is 4. The maximum atomic E-state index is 12.8. The molecule has 1 aliphatic carbocycles. The number of nitrogens with zero attached hydrogens (tertiary/aromatic N) is 5. The van der Waals surface area contributed by atoms with Gasteiger partial charge < -0.3 is 13.9 Å². The molecule has 2 aromatic heterocycles. The van der Waals surface area contributed by atoms with Gasteiger partial charge in [0, 0.05) is 19.3 Å². The molecular formula is C23H27ClF3N5OS. The van der Waals surface area contributed by atoms with Gasteiger partial charge in [0.1, 0.15) is 0 Å². The molecule has 1 saturated carbocycles. The van der Waals surface area contributed by atoms with Gasteiger partial charge in [0.2, 0.25) is 5.82 Å². The first kappa shape index (κ1) is 25.1. The second-order valence-corrected chi connectivity index (χ2v) is 10.2. The number of thioether (sulfide) groups is 1. The Kier molecular flexibility index (Phi) is 7.04. The highest BCUT2D eigenvalue weighted by Crippen LogP contribution is 2.64. The fraction of sp³-hybridized carbons (Fsp3) is 0.522. The number of oxazole rings is 1. The molecule has 3 heterocycles. The van der Waals surface area contributed by atoms with E-state index in [9.17, 15) is 13.2 Å². The van der Waals surface area contributed by atoms with Crippen molar-refractivity contribution in [2.45, 2.75) is 43.4 Å². The highest BCUT2D eigenvalue weighted by atomic mass is 35.5. The number of alkyl halides is 3. The molecule has 0 amide bonds. The molecule has 0 bridgehead atoms.